The van der Waals surface area contributed by atoms with Gasteiger partial charge in [-0.3, -0.25) is 4.79 Å². The Morgan fingerprint density at radius 2 is 2.40 bits per heavy atom. The molecule has 0 aliphatic heterocycles. The van der Waals surface area contributed by atoms with E-state index >= 15 is 0 Å². The molecule has 0 bridgehead atoms. The second kappa shape index (κ2) is 4.35. The predicted octanol–water partition coefficient (Wildman–Crippen LogP) is 3.02. The lowest BCUT2D eigenvalue weighted by Gasteiger charge is -2.38. The van der Waals surface area contributed by atoms with Crippen LogP contribution >= 0.6 is 11.3 Å². The molecule has 0 N–H and O–H groups in total. The van der Waals surface area contributed by atoms with E-state index in [9.17, 15) is 4.79 Å². The van der Waals surface area contributed by atoms with Crippen LogP contribution in [0.2, 0.25) is 0 Å². The third kappa shape index (κ3) is 2.07. The minimum atomic E-state index is -0.194. The van der Waals surface area contributed by atoms with E-state index in [-0.39, 0.29) is 11.4 Å². The first-order valence-electron chi connectivity index (χ1n) is 5.46. The molecule has 2 rings (SSSR count). The number of thiophene rings is 1. The van der Waals surface area contributed by atoms with E-state index in [2.05, 4.69) is 11.4 Å². The fourth-order valence-electron chi connectivity index (χ4n) is 2.09. The van der Waals surface area contributed by atoms with Crippen molar-refractivity contribution in [2.24, 2.45) is 5.41 Å². The molecule has 0 saturated heterocycles. The molecule has 82 valence electrons. The van der Waals surface area contributed by atoms with E-state index in [4.69, 9.17) is 4.74 Å². The van der Waals surface area contributed by atoms with Crippen molar-refractivity contribution in [2.45, 2.75) is 32.6 Å². The van der Waals surface area contributed by atoms with Gasteiger partial charge in [0.2, 0.25) is 0 Å². The lowest BCUT2D eigenvalue weighted by molar-refractivity contribution is -0.161. The van der Waals surface area contributed by atoms with Crippen molar-refractivity contribution in [1.29, 1.82) is 0 Å². The van der Waals surface area contributed by atoms with Crippen molar-refractivity contribution in [3.63, 3.8) is 0 Å². The van der Waals surface area contributed by atoms with E-state index in [1.165, 1.54) is 4.88 Å². The van der Waals surface area contributed by atoms with Gasteiger partial charge in [-0.25, -0.2) is 0 Å². The lowest BCUT2D eigenvalue weighted by atomic mass is 9.66. The highest BCUT2D eigenvalue weighted by molar-refractivity contribution is 7.09. The fraction of sp³-hybridized carbons (Fsp3) is 0.583. The van der Waals surface area contributed by atoms with Gasteiger partial charge in [-0.2, -0.15) is 0 Å². The van der Waals surface area contributed by atoms with Crippen molar-refractivity contribution in [3.05, 3.63) is 22.4 Å². The SMILES string of the molecule is CCOC(=O)C1(Cc2cccs2)CCC1. The molecule has 0 amide bonds. The Kier molecular flexibility index (Phi) is 3.10. The molecule has 1 fully saturated rings. The molecule has 0 aromatic carbocycles. The smallest absolute Gasteiger partial charge is 0.312 e. The van der Waals surface area contributed by atoms with Crippen LogP contribution in [-0.2, 0) is 16.0 Å². The molecule has 0 atom stereocenters. The molecule has 0 radical (unpaired) electrons. The van der Waals surface area contributed by atoms with Crippen LogP contribution in [0.15, 0.2) is 17.5 Å². The van der Waals surface area contributed by atoms with E-state index in [0.29, 0.717) is 6.61 Å². The van der Waals surface area contributed by atoms with Crippen LogP contribution in [0.4, 0.5) is 0 Å². The Morgan fingerprint density at radius 1 is 1.60 bits per heavy atom. The molecule has 1 aliphatic carbocycles. The number of hydrogen-bond donors (Lipinski definition) is 0. The molecule has 1 aromatic heterocycles. The zero-order chi connectivity index (χ0) is 10.7. The van der Waals surface area contributed by atoms with Gasteiger partial charge < -0.3 is 4.74 Å². The summed E-state index contributed by atoms with van der Waals surface area (Å²) in [5.41, 5.74) is -0.194. The monoisotopic (exact) mass is 224 g/mol. The van der Waals surface area contributed by atoms with Gasteiger partial charge in [0, 0.05) is 4.88 Å². The minimum absolute atomic E-state index is 0.00431. The summed E-state index contributed by atoms with van der Waals surface area (Å²) in [5.74, 6) is 0.00431. The number of carbonyl (C=O) groups excluding carboxylic acids is 1. The Hall–Kier alpha value is -0.830. The normalized spacial score (nSPS) is 18.2. The Bertz CT molecular complexity index is 325. The van der Waals surface area contributed by atoms with Gasteiger partial charge in [0.1, 0.15) is 0 Å². The third-order valence-electron chi connectivity index (χ3n) is 3.11. The van der Waals surface area contributed by atoms with E-state index in [1.807, 2.05) is 13.0 Å². The first-order chi connectivity index (χ1) is 7.27. The van der Waals surface area contributed by atoms with Crippen LogP contribution in [0.1, 0.15) is 31.1 Å². The van der Waals surface area contributed by atoms with Crippen molar-refractivity contribution < 1.29 is 9.53 Å². The molecule has 3 heteroatoms. The molecule has 1 aliphatic rings. The maximum Gasteiger partial charge on any atom is 0.312 e. The minimum Gasteiger partial charge on any atom is -0.466 e. The Labute approximate surface area is 94.3 Å². The number of hydrogen-bond acceptors (Lipinski definition) is 3. The topological polar surface area (TPSA) is 26.3 Å². The summed E-state index contributed by atoms with van der Waals surface area (Å²) in [6, 6.07) is 4.14. The molecule has 0 spiro atoms. The molecule has 0 unspecified atom stereocenters. The van der Waals surface area contributed by atoms with Gasteiger partial charge in [0.05, 0.1) is 12.0 Å². The van der Waals surface area contributed by atoms with Crippen LogP contribution in [0.25, 0.3) is 0 Å². The molecule has 2 nitrogen and oxygen atoms in total. The van der Waals surface area contributed by atoms with Crippen LogP contribution in [0.5, 0.6) is 0 Å². The van der Waals surface area contributed by atoms with Gasteiger partial charge in [-0.1, -0.05) is 12.5 Å². The van der Waals surface area contributed by atoms with Crippen molar-refractivity contribution in [2.75, 3.05) is 6.61 Å². The van der Waals surface area contributed by atoms with Gasteiger partial charge in [-0.05, 0) is 37.6 Å². The Balaban J connectivity index is 2.05. The molecule has 1 saturated carbocycles. The Morgan fingerprint density at radius 3 is 2.87 bits per heavy atom. The summed E-state index contributed by atoms with van der Waals surface area (Å²) in [6.45, 7) is 2.36. The predicted molar refractivity (Wildman–Crippen MR) is 60.9 cm³/mol. The third-order valence-corrected chi connectivity index (χ3v) is 3.99. The largest absolute Gasteiger partial charge is 0.466 e. The highest BCUT2D eigenvalue weighted by Gasteiger charge is 2.45. The lowest BCUT2D eigenvalue weighted by Crippen LogP contribution is -2.41. The number of esters is 1. The second-order valence-electron chi connectivity index (χ2n) is 4.11. The maximum atomic E-state index is 11.9. The number of rotatable bonds is 4. The zero-order valence-corrected chi connectivity index (χ0v) is 9.81. The van der Waals surface area contributed by atoms with Crippen LogP contribution in [-0.4, -0.2) is 12.6 Å². The molecular weight excluding hydrogens is 208 g/mol. The molecule has 1 aromatic rings. The molecule has 15 heavy (non-hydrogen) atoms. The van der Waals surface area contributed by atoms with Crippen molar-refractivity contribution in [1.82, 2.24) is 0 Å². The summed E-state index contributed by atoms with van der Waals surface area (Å²) in [5, 5.41) is 2.06. The summed E-state index contributed by atoms with van der Waals surface area (Å²) in [6.07, 6.45) is 4.00. The van der Waals surface area contributed by atoms with E-state index in [1.54, 1.807) is 11.3 Å². The summed E-state index contributed by atoms with van der Waals surface area (Å²) in [7, 11) is 0. The summed E-state index contributed by atoms with van der Waals surface area (Å²) < 4.78 is 5.16. The second-order valence-corrected chi connectivity index (χ2v) is 5.14. The maximum absolute atomic E-state index is 11.9. The average Bonchev–Trinajstić information content (AvgIpc) is 2.63. The van der Waals surface area contributed by atoms with Crippen molar-refractivity contribution in [3.8, 4) is 0 Å². The standard InChI is InChI=1S/C12H16O2S/c1-2-14-11(13)12(6-4-7-12)9-10-5-3-8-15-10/h3,5,8H,2,4,6-7,9H2,1H3. The van der Waals surface area contributed by atoms with Gasteiger partial charge in [0.15, 0.2) is 0 Å². The van der Waals surface area contributed by atoms with Crippen LogP contribution < -0.4 is 0 Å². The molecular formula is C12H16O2S. The summed E-state index contributed by atoms with van der Waals surface area (Å²) in [4.78, 5) is 13.2. The quantitative estimate of drug-likeness (QED) is 0.735. The van der Waals surface area contributed by atoms with Gasteiger partial charge >= 0.3 is 5.97 Å². The van der Waals surface area contributed by atoms with Crippen LogP contribution in [0.3, 0.4) is 0 Å². The van der Waals surface area contributed by atoms with E-state index in [0.717, 1.165) is 25.7 Å². The highest BCUT2D eigenvalue weighted by Crippen LogP contribution is 2.45. The fourth-order valence-corrected chi connectivity index (χ4v) is 2.94. The first-order valence-corrected chi connectivity index (χ1v) is 6.34. The van der Waals surface area contributed by atoms with E-state index < -0.39 is 0 Å². The van der Waals surface area contributed by atoms with Crippen molar-refractivity contribution >= 4 is 17.3 Å². The number of carbonyl (C=O) groups is 1. The highest BCUT2D eigenvalue weighted by atomic mass is 32.1. The molecule has 1 heterocycles. The first kappa shape index (κ1) is 10.7. The van der Waals surface area contributed by atoms with Gasteiger partial charge in [-0.15, -0.1) is 11.3 Å². The zero-order valence-electron chi connectivity index (χ0n) is 8.99. The van der Waals surface area contributed by atoms with Crippen LogP contribution in [0, 0.1) is 5.41 Å². The van der Waals surface area contributed by atoms with Gasteiger partial charge in [0.25, 0.3) is 0 Å². The average molecular weight is 224 g/mol. The number of ether oxygens (including phenoxy) is 1. The summed E-state index contributed by atoms with van der Waals surface area (Å²) >= 11 is 1.73.